The Morgan fingerprint density at radius 1 is 0.947 bits per heavy atom. The topological polar surface area (TPSA) is 0 Å². The second kappa shape index (κ2) is 9.42. The molecule has 1 heteroatoms. The van der Waals surface area contributed by atoms with Gasteiger partial charge in [0.15, 0.2) is 0 Å². The maximum Gasteiger partial charge on any atom is 0.0588 e. The molecule has 1 unspecified atom stereocenters. The van der Waals surface area contributed by atoms with Crippen LogP contribution in [0.1, 0.15) is 81.4 Å². The summed E-state index contributed by atoms with van der Waals surface area (Å²) in [6.07, 6.45) is 9.90. The quantitative estimate of drug-likeness (QED) is 0.360. The van der Waals surface area contributed by atoms with Crippen LogP contribution in [-0.4, -0.2) is 0 Å². The van der Waals surface area contributed by atoms with E-state index in [4.69, 9.17) is 11.6 Å². The highest BCUT2D eigenvalue weighted by atomic mass is 35.5. The van der Waals surface area contributed by atoms with Gasteiger partial charge in [-0.25, -0.2) is 0 Å². The van der Waals surface area contributed by atoms with Crippen molar-refractivity contribution in [2.24, 2.45) is 0 Å². The van der Waals surface area contributed by atoms with Gasteiger partial charge in [0.1, 0.15) is 0 Å². The van der Waals surface area contributed by atoms with Crippen LogP contribution in [0.5, 0.6) is 0 Å². The molecule has 1 aromatic carbocycles. The zero-order valence-electron chi connectivity index (χ0n) is 12.8. The largest absolute Gasteiger partial charge is 0.118 e. The molecular formula is C18H29Cl. The van der Waals surface area contributed by atoms with Gasteiger partial charge < -0.3 is 0 Å². The van der Waals surface area contributed by atoms with E-state index in [0.717, 1.165) is 19.3 Å². The van der Waals surface area contributed by atoms with Crippen LogP contribution >= 0.6 is 11.6 Å². The van der Waals surface area contributed by atoms with E-state index in [2.05, 4.69) is 39.0 Å². The Labute approximate surface area is 124 Å². The Bertz CT molecular complexity index is 357. The molecule has 0 spiro atoms. The van der Waals surface area contributed by atoms with Crippen molar-refractivity contribution in [2.75, 3.05) is 0 Å². The van der Waals surface area contributed by atoms with Crippen molar-refractivity contribution in [3.63, 3.8) is 0 Å². The SMILES string of the molecule is CCCCCCCC(Cl)c1cc(CC)ccc1CC. The van der Waals surface area contributed by atoms with Crippen LogP contribution in [-0.2, 0) is 12.8 Å². The molecule has 0 heterocycles. The number of halogens is 1. The van der Waals surface area contributed by atoms with Gasteiger partial charge in [-0.1, -0.05) is 71.1 Å². The van der Waals surface area contributed by atoms with Crippen molar-refractivity contribution in [1.82, 2.24) is 0 Å². The maximum absolute atomic E-state index is 6.63. The van der Waals surface area contributed by atoms with E-state index in [1.54, 1.807) is 0 Å². The van der Waals surface area contributed by atoms with E-state index in [1.807, 2.05) is 0 Å². The third-order valence-corrected chi connectivity index (χ3v) is 4.35. The number of hydrogen-bond donors (Lipinski definition) is 0. The third kappa shape index (κ3) is 5.57. The number of aryl methyl sites for hydroxylation is 2. The number of rotatable bonds is 9. The van der Waals surface area contributed by atoms with Crippen molar-refractivity contribution in [2.45, 2.75) is 77.5 Å². The molecule has 0 amide bonds. The first-order valence-corrected chi connectivity index (χ1v) is 8.42. The van der Waals surface area contributed by atoms with Crippen molar-refractivity contribution in [1.29, 1.82) is 0 Å². The standard InChI is InChI=1S/C18H29Cl/c1-4-7-8-9-10-11-18(19)17-14-15(5-2)12-13-16(17)6-3/h12-14,18H,4-11H2,1-3H3. The molecule has 1 rings (SSSR count). The molecule has 108 valence electrons. The Morgan fingerprint density at radius 3 is 2.32 bits per heavy atom. The number of unbranched alkanes of at least 4 members (excludes halogenated alkanes) is 4. The molecule has 0 aliphatic rings. The first kappa shape index (κ1) is 16.6. The maximum atomic E-state index is 6.63. The highest BCUT2D eigenvalue weighted by molar-refractivity contribution is 6.20. The van der Waals surface area contributed by atoms with Gasteiger partial charge in [0.2, 0.25) is 0 Å². The molecule has 0 radical (unpaired) electrons. The van der Waals surface area contributed by atoms with Crippen LogP contribution in [0.15, 0.2) is 18.2 Å². The summed E-state index contributed by atoms with van der Waals surface area (Å²) in [5.74, 6) is 0. The highest BCUT2D eigenvalue weighted by Gasteiger charge is 2.12. The molecular weight excluding hydrogens is 252 g/mol. The van der Waals surface area contributed by atoms with Crippen molar-refractivity contribution in [3.05, 3.63) is 34.9 Å². The van der Waals surface area contributed by atoms with Gasteiger partial charge in [-0.05, 0) is 36.0 Å². The summed E-state index contributed by atoms with van der Waals surface area (Å²) in [5.41, 5.74) is 4.20. The smallest absolute Gasteiger partial charge is 0.0588 e. The van der Waals surface area contributed by atoms with E-state index < -0.39 is 0 Å². The minimum Gasteiger partial charge on any atom is -0.118 e. The van der Waals surface area contributed by atoms with Crippen molar-refractivity contribution in [3.8, 4) is 0 Å². The summed E-state index contributed by atoms with van der Waals surface area (Å²) in [5, 5.41) is 0.197. The molecule has 0 saturated carbocycles. The highest BCUT2D eigenvalue weighted by Crippen LogP contribution is 2.30. The summed E-state index contributed by atoms with van der Waals surface area (Å²) < 4.78 is 0. The third-order valence-electron chi connectivity index (χ3n) is 3.90. The van der Waals surface area contributed by atoms with E-state index in [9.17, 15) is 0 Å². The number of benzene rings is 1. The van der Waals surface area contributed by atoms with Crippen molar-refractivity contribution >= 4 is 11.6 Å². The van der Waals surface area contributed by atoms with Crippen LogP contribution in [0.25, 0.3) is 0 Å². The summed E-state index contributed by atoms with van der Waals surface area (Å²) in [6, 6.07) is 6.83. The predicted molar refractivity (Wildman–Crippen MR) is 87.2 cm³/mol. The monoisotopic (exact) mass is 280 g/mol. The fraction of sp³-hybridized carbons (Fsp3) is 0.667. The van der Waals surface area contributed by atoms with E-state index in [1.165, 1.54) is 48.8 Å². The van der Waals surface area contributed by atoms with Crippen LogP contribution in [0.4, 0.5) is 0 Å². The number of alkyl halides is 1. The first-order valence-electron chi connectivity index (χ1n) is 7.98. The second-order valence-electron chi connectivity index (χ2n) is 5.41. The lowest BCUT2D eigenvalue weighted by Crippen LogP contribution is -1.99. The lowest BCUT2D eigenvalue weighted by Gasteiger charge is -2.15. The first-order chi connectivity index (χ1) is 9.22. The van der Waals surface area contributed by atoms with Crippen molar-refractivity contribution < 1.29 is 0 Å². The molecule has 0 aromatic heterocycles. The molecule has 0 aliphatic heterocycles. The molecule has 19 heavy (non-hydrogen) atoms. The van der Waals surface area contributed by atoms with E-state index in [-0.39, 0.29) is 5.38 Å². The summed E-state index contributed by atoms with van der Waals surface area (Å²) >= 11 is 6.63. The molecule has 0 fully saturated rings. The van der Waals surface area contributed by atoms with Crippen LogP contribution in [0.3, 0.4) is 0 Å². The van der Waals surface area contributed by atoms with Gasteiger partial charge in [-0.3, -0.25) is 0 Å². The average Bonchev–Trinajstić information content (AvgIpc) is 2.46. The average molecular weight is 281 g/mol. The lowest BCUT2D eigenvalue weighted by atomic mass is 9.95. The Balaban J connectivity index is 2.56. The summed E-state index contributed by atoms with van der Waals surface area (Å²) in [4.78, 5) is 0. The molecule has 0 saturated heterocycles. The van der Waals surface area contributed by atoms with Gasteiger partial charge in [-0.2, -0.15) is 0 Å². The molecule has 0 nitrogen and oxygen atoms in total. The van der Waals surface area contributed by atoms with Crippen LogP contribution in [0, 0.1) is 0 Å². The predicted octanol–water partition coefficient (Wildman–Crippen LogP) is 6.45. The zero-order valence-corrected chi connectivity index (χ0v) is 13.6. The fourth-order valence-corrected chi connectivity index (χ4v) is 2.92. The van der Waals surface area contributed by atoms with Crippen LogP contribution in [0.2, 0.25) is 0 Å². The number of hydrogen-bond acceptors (Lipinski definition) is 0. The Kier molecular flexibility index (Phi) is 8.21. The van der Waals surface area contributed by atoms with E-state index >= 15 is 0 Å². The molecule has 1 atom stereocenters. The summed E-state index contributed by atoms with van der Waals surface area (Å²) in [7, 11) is 0. The normalized spacial score (nSPS) is 12.6. The second-order valence-corrected chi connectivity index (χ2v) is 5.94. The minimum atomic E-state index is 0.197. The van der Waals surface area contributed by atoms with Gasteiger partial charge in [0, 0.05) is 0 Å². The Hall–Kier alpha value is -0.490. The zero-order chi connectivity index (χ0) is 14.1. The van der Waals surface area contributed by atoms with Gasteiger partial charge in [-0.15, -0.1) is 11.6 Å². The molecule has 0 bridgehead atoms. The minimum absolute atomic E-state index is 0.197. The Morgan fingerprint density at radius 2 is 1.68 bits per heavy atom. The van der Waals surface area contributed by atoms with Gasteiger partial charge in [0.25, 0.3) is 0 Å². The van der Waals surface area contributed by atoms with E-state index in [0.29, 0.717) is 0 Å². The van der Waals surface area contributed by atoms with Gasteiger partial charge >= 0.3 is 0 Å². The van der Waals surface area contributed by atoms with Gasteiger partial charge in [0.05, 0.1) is 5.38 Å². The molecule has 0 N–H and O–H groups in total. The molecule has 1 aromatic rings. The summed E-state index contributed by atoms with van der Waals surface area (Å²) in [6.45, 7) is 6.68. The molecule has 0 aliphatic carbocycles. The fourth-order valence-electron chi connectivity index (χ4n) is 2.56. The van der Waals surface area contributed by atoms with Crippen LogP contribution < -0.4 is 0 Å². The lowest BCUT2D eigenvalue weighted by molar-refractivity contribution is 0.600.